The Kier molecular flexibility index (Phi) is 4.29. The lowest BCUT2D eigenvalue weighted by Crippen LogP contribution is -2.03. The number of aliphatic hydroxyl groups excluding tert-OH is 1. The predicted molar refractivity (Wildman–Crippen MR) is 102 cm³/mol. The predicted octanol–water partition coefficient (Wildman–Crippen LogP) is 2.94. The van der Waals surface area contributed by atoms with Crippen LogP contribution < -0.4 is 9.47 Å². The molecule has 0 amide bonds. The molecule has 0 saturated carbocycles. The Bertz CT molecular complexity index is 1090. The van der Waals surface area contributed by atoms with E-state index in [2.05, 4.69) is 10.2 Å². The second-order valence-electron chi connectivity index (χ2n) is 6.18. The average Bonchev–Trinajstić information content (AvgIpc) is 3.31. The number of aliphatic hydroxyl groups is 1. The molecule has 1 N–H and O–H groups in total. The van der Waals surface area contributed by atoms with Crippen molar-refractivity contribution in [3.8, 4) is 28.4 Å². The van der Waals surface area contributed by atoms with E-state index in [0.29, 0.717) is 17.2 Å². The van der Waals surface area contributed by atoms with Crippen LogP contribution in [-0.4, -0.2) is 38.9 Å². The summed E-state index contributed by atoms with van der Waals surface area (Å²) in [5, 5.41) is 19.6. The smallest absolute Gasteiger partial charge is 0.123 e. The molecule has 0 aliphatic rings. The number of ether oxygens (including phenoxy) is 2. The fourth-order valence-electron chi connectivity index (χ4n) is 3.23. The van der Waals surface area contributed by atoms with E-state index in [-0.39, 0.29) is 6.61 Å². The molecule has 0 atom stereocenters. The van der Waals surface area contributed by atoms with Crippen LogP contribution in [0.15, 0.2) is 48.7 Å². The number of para-hydroxylation sites is 1. The molecule has 0 fully saturated rings. The number of nitrogens with zero attached hydrogens (tertiary/aromatic N) is 4. The van der Waals surface area contributed by atoms with Crippen molar-refractivity contribution < 1.29 is 14.6 Å². The normalized spacial score (nSPS) is 11.1. The van der Waals surface area contributed by atoms with Gasteiger partial charge in [-0.3, -0.25) is 4.68 Å². The minimum atomic E-state index is -0.150. The molecule has 0 spiro atoms. The topological polar surface area (TPSA) is 74.3 Å². The fourth-order valence-corrected chi connectivity index (χ4v) is 3.23. The van der Waals surface area contributed by atoms with Crippen molar-refractivity contribution in [3.05, 3.63) is 54.4 Å². The summed E-state index contributed by atoms with van der Waals surface area (Å²) < 4.78 is 14.4. The summed E-state index contributed by atoms with van der Waals surface area (Å²) in [6, 6.07) is 13.5. The maximum Gasteiger partial charge on any atom is 0.123 e. The maximum atomic E-state index is 9.66. The number of hydrogen-bond donors (Lipinski definition) is 1. The zero-order valence-electron chi connectivity index (χ0n) is 15.4. The zero-order chi connectivity index (χ0) is 19.0. The molecular formula is C20H20N4O3. The number of rotatable bonds is 5. The number of methoxy groups -OCH3 is 2. The van der Waals surface area contributed by atoms with Gasteiger partial charge < -0.3 is 14.6 Å². The molecule has 4 rings (SSSR count). The Hall–Kier alpha value is -3.32. The van der Waals surface area contributed by atoms with Crippen molar-refractivity contribution in [2.24, 2.45) is 7.05 Å². The molecule has 0 aliphatic heterocycles. The van der Waals surface area contributed by atoms with E-state index < -0.39 is 0 Å². The summed E-state index contributed by atoms with van der Waals surface area (Å²) in [5.74, 6) is 1.36. The van der Waals surface area contributed by atoms with Gasteiger partial charge in [-0.2, -0.15) is 10.2 Å². The third-order valence-electron chi connectivity index (χ3n) is 4.54. The number of fused-ring (bicyclic) bond motifs is 1. The van der Waals surface area contributed by atoms with Gasteiger partial charge >= 0.3 is 0 Å². The van der Waals surface area contributed by atoms with Gasteiger partial charge in [-0.15, -0.1) is 0 Å². The number of benzene rings is 2. The molecule has 0 bridgehead atoms. The van der Waals surface area contributed by atoms with Crippen LogP contribution in [0.4, 0.5) is 0 Å². The van der Waals surface area contributed by atoms with Gasteiger partial charge in [-0.1, -0.05) is 12.1 Å². The van der Waals surface area contributed by atoms with E-state index in [1.807, 2.05) is 65.1 Å². The van der Waals surface area contributed by atoms with Crippen LogP contribution >= 0.6 is 0 Å². The van der Waals surface area contributed by atoms with Crippen LogP contribution in [0.5, 0.6) is 11.5 Å². The molecule has 0 radical (unpaired) electrons. The Labute approximate surface area is 156 Å². The zero-order valence-corrected chi connectivity index (χ0v) is 15.4. The van der Waals surface area contributed by atoms with Crippen LogP contribution in [0.1, 0.15) is 5.69 Å². The van der Waals surface area contributed by atoms with Gasteiger partial charge in [0.15, 0.2) is 0 Å². The van der Waals surface area contributed by atoms with Gasteiger partial charge in [0.1, 0.15) is 11.5 Å². The first kappa shape index (κ1) is 17.1. The van der Waals surface area contributed by atoms with Gasteiger partial charge in [0.05, 0.1) is 49.6 Å². The van der Waals surface area contributed by atoms with Gasteiger partial charge in [-0.25, -0.2) is 4.68 Å². The summed E-state index contributed by atoms with van der Waals surface area (Å²) >= 11 is 0. The summed E-state index contributed by atoms with van der Waals surface area (Å²) in [6.07, 6.45) is 1.82. The van der Waals surface area contributed by atoms with Crippen LogP contribution in [0.3, 0.4) is 0 Å². The molecule has 0 aliphatic carbocycles. The minimum Gasteiger partial charge on any atom is -0.497 e. The highest BCUT2D eigenvalue weighted by molar-refractivity contribution is 5.87. The van der Waals surface area contributed by atoms with Crippen LogP contribution in [0.25, 0.3) is 27.8 Å². The lowest BCUT2D eigenvalue weighted by Gasteiger charge is -2.12. The summed E-state index contributed by atoms with van der Waals surface area (Å²) in [7, 11) is 5.13. The molecule has 2 aromatic carbocycles. The van der Waals surface area contributed by atoms with Gasteiger partial charge in [0.25, 0.3) is 0 Å². The first-order valence-electron chi connectivity index (χ1n) is 8.49. The molecule has 0 saturated heterocycles. The average molecular weight is 364 g/mol. The van der Waals surface area contributed by atoms with Crippen LogP contribution in [-0.2, 0) is 13.7 Å². The van der Waals surface area contributed by atoms with E-state index in [0.717, 1.165) is 27.8 Å². The van der Waals surface area contributed by atoms with Crippen molar-refractivity contribution in [2.75, 3.05) is 14.2 Å². The monoisotopic (exact) mass is 364 g/mol. The third kappa shape index (κ3) is 2.92. The number of aromatic nitrogens is 4. The molecule has 7 heteroatoms. The maximum absolute atomic E-state index is 9.66. The molecule has 138 valence electrons. The standard InChI is InChI=1S/C20H20N4O3/c1-23-20-13(11-21-23)5-4-6-18(20)24-19(9-15(12-25)22-24)14-7-16(26-2)10-17(8-14)27-3/h4-11,25H,12H2,1-3H3. The summed E-state index contributed by atoms with van der Waals surface area (Å²) in [4.78, 5) is 0. The van der Waals surface area contributed by atoms with E-state index in [4.69, 9.17) is 9.47 Å². The highest BCUT2D eigenvalue weighted by atomic mass is 16.5. The van der Waals surface area contributed by atoms with E-state index in [1.54, 1.807) is 14.2 Å². The first-order chi connectivity index (χ1) is 13.1. The SMILES string of the molecule is COc1cc(OC)cc(-c2cc(CO)nn2-c2cccc3cnn(C)c23)c1. The minimum absolute atomic E-state index is 0.150. The highest BCUT2D eigenvalue weighted by Crippen LogP contribution is 2.33. The van der Waals surface area contributed by atoms with Crippen molar-refractivity contribution in [1.29, 1.82) is 0 Å². The number of hydrogen-bond acceptors (Lipinski definition) is 5. The Morgan fingerprint density at radius 3 is 2.44 bits per heavy atom. The first-order valence-corrected chi connectivity index (χ1v) is 8.49. The van der Waals surface area contributed by atoms with Gasteiger partial charge in [0.2, 0.25) is 0 Å². The van der Waals surface area contributed by atoms with E-state index in [1.165, 1.54) is 0 Å². The fraction of sp³-hybridized carbons (Fsp3) is 0.200. The Balaban J connectivity index is 1.99. The molecule has 7 nitrogen and oxygen atoms in total. The Morgan fingerprint density at radius 1 is 1.04 bits per heavy atom. The number of aryl methyl sites for hydroxylation is 1. The van der Waals surface area contributed by atoms with E-state index >= 15 is 0 Å². The van der Waals surface area contributed by atoms with Crippen LogP contribution in [0, 0.1) is 0 Å². The molecule has 2 heterocycles. The second-order valence-corrected chi connectivity index (χ2v) is 6.18. The van der Waals surface area contributed by atoms with Gasteiger partial charge in [0, 0.05) is 24.1 Å². The van der Waals surface area contributed by atoms with Crippen molar-refractivity contribution >= 4 is 10.9 Å². The Morgan fingerprint density at radius 2 is 1.78 bits per heavy atom. The quantitative estimate of drug-likeness (QED) is 0.589. The lowest BCUT2D eigenvalue weighted by atomic mass is 10.1. The molecule has 2 aromatic heterocycles. The molecular weight excluding hydrogens is 344 g/mol. The highest BCUT2D eigenvalue weighted by Gasteiger charge is 2.17. The second kappa shape index (κ2) is 6.77. The van der Waals surface area contributed by atoms with Gasteiger partial charge in [-0.05, 0) is 24.3 Å². The summed E-state index contributed by atoms with van der Waals surface area (Å²) in [6.45, 7) is -0.150. The van der Waals surface area contributed by atoms with E-state index in [9.17, 15) is 5.11 Å². The van der Waals surface area contributed by atoms with Crippen molar-refractivity contribution in [3.63, 3.8) is 0 Å². The van der Waals surface area contributed by atoms with Crippen molar-refractivity contribution in [1.82, 2.24) is 19.6 Å². The van der Waals surface area contributed by atoms with Crippen LogP contribution in [0.2, 0.25) is 0 Å². The molecule has 27 heavy (non-hydrogen) atoms. The van der Waals surface area contributed by atoms with Crippen molar-refractivity contribution in [2.45, 2.75) is 6.61 Å². The summed E-state index contributed by atoms with van der Waals surface area (Å²) in [5.41, 5.74) is 4.11. The largest absolute Gasteiger partial charge is 0.497 e. The third-order valence-corrected chi connectivity index (χ3v) is 4.54. The molecule has 0 unspecified atom stereocenters. The lowest BCUT2D eigenvalue weighted by molar-refractivity contribution is 0.276. The molecule has 4 aromatic rings.